The van der Waals surface area contributed by atoms with Crippen molar-refractivity contribution in [2.75, 3.05) is 32.9 Å². The number of aliphatic imine (C=N–C) groups is 1. The van der Waals surface area contributed by atoms with Crippen LogP contribution in [0, 0.1) is 5.41 Å². The molecule has 1 atom stereocenters. The van der Waals surface area contributed by atoms with Gasteiger partial charge < -0.3 is 20.5 Å². The molecule has 25 heavy (non-hydrogen) atoms. The van der Waals surface area contributed by atoms with E-state index in [0.29, 0.717) is 29.7 Å². The molecule has 1 saturated heterocycles. The molecule has 1 aromatic rings. The fraction of sp³-hybridized carbons (Fsp3) is 0.588. The molecule has 0 radical (unpaired) electrons. The van der Waals surface area contributed by atoms with E-state index in [4.69, 9.17) is 27.9 Å². The highest BCUT2D eigenvalue weighted by atomic mass is 127. The van der Waals surface area contributed by atoms with Crippen LogP contribution in [-0.2, 0) is 11.3 Å². The Kier molecular flexibility index (Phi) is 10.4. The maximum atomic E-state index is 9.31. The van der Waals surface area contributed by atoms with E-state index in [1.807, 2.05) is 19.1 Å². The summed E-state index contributed by atoms with van der Waals surface area (Å²) in [7, 11) is 0. The van der Waals surface area contributed by atoms with E-state index in [9.17, 15) is 5.11 Å². The lowest BCUT2D eigenvalue weighted by Crippen LogP contribution is -2.44. The molecule has 1 unspecified atom stereocenters. The largest absolute Gasteiger partial charge is 0.396 e. The minimum absolute atomic E-state index is 0. The highest BCUT2D eigenvalue weighted by Crippen LogP contribution is 2.31. The first kappa shape index (κ1) is 22.8. The lowest BCUT2D eigenvalue weighted by atomic mass is 9.84. The van der Waals surface area contributed by atoms with Crippen LogP contribution in [0.3, 0.4) is 0 Å². The molecule has 142 valence electrons. The Balaban J connectivity index is 0.00000312. The first-order valence-corrected chi connectivity index (χ1v) is 8.99. The monoisotopic (exact) mass is 501 g/mol. The van der Waals surface area contributed by atoms with E-state index >= 15 is 0 Å². The minimum Gasteiger partial charge on any atom is -0.396 e. The zero-order valence-electron chi connectivity index (χ0n) is 14.4. The average molecular weight is 502 g/mol. The second-order valence-electron chi connectivity index (χ2n) is 6.06. The van der Waals surface area contributed by atoms with Crippen molar-refractivity contribution in [2.45, 2.75) is 26.3 Å². The van der Waals surface area contributed by atoms with Crippen molar-refractivity contribution in [3.8, 4) is 0 Å². The molecule has 0 saturated carbocycles. The van der Waals surface area contributed by atoms with Gasteiger partial charge in [0, 0.05) is 41.8 Å². The topological polar surface area (TPSA) is 65.9 Å². The number of aliphatic hydroxyl groups is 1. The molecule has 1 aliphatic rings. The molecule has 5 nitrogen and oxygen atoms in total. The van der Waals surface area contributed by atoms with E-state index in [1.165, 1.54) is 0 Å². The van der Waals surface area contributed by atoms with Crippen molar-refractivity contribution in [3.63, 3.8) is 0 Å². The van der Waals surface area contributed by atoms with Gasteiger partial charge in [-0.3, -0.25) is 0 Å². The van der Waals surface area contributed by atoms with E-state index < -0.39 is 0 Å². The van der Waals surface area contributed by atoms with E-state index in [-0.39, 0.29) is 36.0 Å². The average Bonchev–Trinajstić information content (AvgIpc) is 3.01. The minimum atomic E-state index is -0.0249. The summed E-state index contributed by atoms with van der Waals surface area (Å²) in [6, 6.07) is 5.42. The Morgan fingerprint density at radius 3 is 2.76 bits per heavy atom. The molecular weight excluding hydrogens is 476 g/mol. The van der Waals surface area contributed by atoms with Crippen LogP contribution in [0.2, 0.25) is 10.0 Å². The van der Waals surface area contributed by atoms with Crippen LogP contribution in [-0.4, -0.2) is 44.0 Å². The van der Waals surface area contributed by atoms with Crippen molar-refractivity contribution in [3.05, 3.63) is 33.8 Å². The number of hydrogen-bond donors (Lipinski definition) is 3. The van der Waals surface area contributed by atoms with Crippen LogP contribution in [0.4, 0.5) is 0 Å². The molecule has 1 heterocycles. The van der Waals surface area contributed by atoms with E-state index in [2.05, 4.69) is 15.6 Å². The number of hydrogen-bond acceptors (Lipinski definition) is 3. The quantitative estimate of drug-likeness (QED) is 0.304. The SMILES string of the molecule is CCNC(=NCc1ccc(Cl)cc1Cl)NCC1(CCO)CCOC1.I. The fourth-order valence-corrected chi connectivity index (χ4v) is 3.21. The summed E-state index contributed by atoms with van der Waals surface area (Å²) in [5, 5.41) is 17.1. The molecule has 0 bridgehead atoms. The second-order valence-corrected chi connectivity index (χ2v) is 6.90. The van der Waals surface area contributed by atoms with Gasteiger partial charge in [-0.15, -0.1) is 24.0 Å². The number of nitrogens with one attached hydrogen (secondary N) is 2. The Hall–Kier alpha value is -0.280. The number of aliphatic hydroxyl groups excluding tert-OH is 1. The smallest absolute Gasteiger partial charge is 0.191 e. The second kappa shape index (κ2) is 11.4. The molecule has 1 fully saturated rings. The standard InChI is InChI=1S/C17H25Cl2N3O2.HI/c1-2-20-16(21-10-13-3-4-14(18)9-15(13)19)22-11-17(5-7-23)6-8-24-12-17;/h3-4,9,23H,2,5-8,10-12H2,1H3,(H2,20,21,22);1H. The number of benzene rings is 1. The summed E-state index contributed by atoms with van der Waals surface area (Å²) in [5.74, 6) is 0.729. The summed E-state index contributed by atoms with van der Waals surface area (Å²) in [6.07, 6.45) is 1.67. The number of nitrogens with zero attached hydrogens (tertiary/aromatic N) is 1. The van der Waals surface area contributed by atoms with Crippen LogP contribution in [0.1, 0.15) is 25.3 Å². The molecular formula is C17H26Cl2IN3O2. The van der Waals surface area contributed by atoms with Crippen LogP contribution in [0.15, 0.2) is 23.2 Å². The van der Waals surface area contributed by atoms with Gasteiger partial charge in [0.25, 0.3) is 0 Å². The molecule has 8 heteroatoms. The van der Waals surface area contributed by atoms with Gasteiger partial charge in [0.15, 0.2) is 5.96 Å². The normalized spacial score (nSPS) is 20.2. The molecule has 0 aliphatic carbocycles. The van der Waals surface area contributed by atoms with Crippen LogP contribution in [0.25, 0.3) is 0 Å². The highest BCUT2D eigenvalue weighted by molar-refractivity contribution is 14.0. The third kappa shape index (κ3) is 7.09. The lowest BCUT2D eigenvalue weighted by Gasteiger charge is -2.27. The highest BCUT2D eigenvalue weighted by Gasteiger charge is 2.34. The molecule has 0 aromatic heterocycles. The zero-order chi connectivity index (χ0) is 17.4. The summed E-state index contributed by atoms with van der Waals surface area (Å²) in [5.41, 5.74) is 0.899. The Morgan fingerprint density at radius 2 is 2.16 bits per heavy atom. The molecule has 1 aromatic carbocycles. The summed E-state index contributed by atoms with van der Waals surface area (Å²) < 4.78 is 5.52. The number of ether oxygens (including phenoxy) is 1. The van der Waals surface area contributed by atoms with Crippen molar-refractivity contribution < 1.29 is 9.84 Å². The summed E-state index contributed by atoms with van der Waals surface area (Å²) in [4.78, 5) is 4.59. The van der Waals surface area contributed by atoms with Crippen molar-refractivity contribution in [1.29, 1.82) is 0 Å². The van der Waals surface area contributed by atoms with Gasteiger partial charge in [-0.05, 0) is 37.5 Å². The Labute approximate surface area is 176 Å². The predicted molar refractivity (Wildman–Crippen MR) is 114 cm³/mol. The third-order valence-electron chi connectivity index (χ3n) is 4.22. The third-order valence-corrected chi connectivity index (χ3v) is 4.81. The maximum Gasteiger partial charge on any atom is 0.191 e. The first-order valence-electron chi connectivity index (χ1n) is 8.23. The van der Waals surface area contributed by atoms with Gasteiger partial charge in [0.2, 0.25) is 0 Å². The molecule has 3 N–H and O–H groups in total. The molecule has 0 spiro atoms. The fourth-order valence-electron chi connectivity index (χ4n) is 2.74. The van der Waals surface area contributed by atoms with Crippen LogP contribution in [0.5, 0.6) is 0 Å². The van der Waals surface area contributed by atoms with Gasteiger partial charge in [0.1, 0.15) is 0 Å². The van der Waals surface area contributed by atoms with Crippen molar-refractivity contribution >= 4 is 53.1 Å². The first-order chi connectivity index (χ1) is 11.6. The summed E-state index contributed by atoms with van der Waals surface area (Å²) >= 11 is 12.1. The summed E-state index contributed by atoms with van der Waals surface area (Å²) in [6.45, 7) is 5.55. The Morgan fingerprint density at radius 1 is 1.36 bits per heavy atom. The Bertz CT molecular complexity index is 567. The van der Waals surface area contributed by atoms with Gasteiger partial charge in [-0.2, -0.15) is 0 Å². The number of halogens is 3. The van der Waals surface area contributed by atoms with Gasteiger partial charge in [-0.1, -0.05) is 29.3 Å². The van der Waals surface area contributed by atoms with E-state index in [0.717, 1.165) is 37.5 Å². The molecule has 2 rings (SSSR count). The number of guanidine groups is 1. The van der Waals surface area contributed by atoms with Gasteiger partial charge >= 0.3 is 0 Å². The molecule has 0 amide bonds. The zero-order valence-corrected chi connectivity index (χ0v) is 18.2. The predicted octanol–water partition coefficient (Wildman–Crippen LogP) is 3.46. The van der Waals surface area contributed by atoms with Crippen LogP contribution >= 0.6 is 47.2 Å². The van der Waals surface area contributed by atoms with E-state index in [1.54, 1.807) is 6.07 Å². The van der Waals surface area contributed by atoms with Gasteiger partial charge in [-0.25, -0.2) is 4.99 Å². The maximum absolute atomic E-state index is 9.31. The van der Waals surface area contributed by atoms with Crippen molar-refractivity contribution in [2.24, 2.45) is 10.4 Å². The van der Waals surface area contributed by atoms with Crippen molar-refractivity contribution in [1.82, 2.24) is 10.6 Å². The van der Waals surface area contributed by atoms with Gasteiger partial charge in [0.05, 0.1) is 13.2 Å². The molecule has 1 aliphatic heterocycles. The lowest BCUT2D eigenvalue weighted by molar-refractivity contribution is 0.127. The van der Waals surface area contributed by atoms with Crippen LogP contribution < -0.4 is 10.6 Å². The number of rotatable bonds is 7.